The lowest BCUT2D eigenvalue weighted by Gasteiger charge is -2.25. The molecular formula is C17H19NO6S. The number of carbonyl (C=O) groups excluding carboxylic acids is 2. The van der Waals surface area contributed by atoms with Crippen molar-refractivity contribution >= 4 is 22.0 Å². The van der Waals surface area contributed by atoms with Crippen molar-refractivity contribution in [1.29, 1.82) is 0 Å². The summed E-state index contributed by atoms with van der Waals surface area (Å²) in [7, 11) is -1.07. The van der Waals surface area contributed by atoms with Crippen LogP contribution in [0.3, 0.4) is 0 Å². The zero-order valence-corrected chi connectivity index (χ0v) is 14.7. The number of methoxy groups -OCH3 is 2. The Kier molecular flexibility index (Phi) is 3.66. The highest BCUT2D eigenvalue weighted by Gasteiger charge is 2.76. The summed E-state index contributed by atoms with van der Waals surface area (Å²) in [5.74, 6) is -2.62. The predicted molar refractivity (Wildman–Crippen MR) is 85.7 cm³/mol. The van der Waals surface area contributed by atoms with Gasteiger partial charge >= 0.3 is 11.9 Å². The molecule has 1 aromatic rings. The Morgan fingerprint density at radius 1 is 0.960 bits per heavy atom. The fourth-order valence-corrected chi connectivity index (χ4v) is 6.82. The second-order valence-corrected chi connectivity index (χ2v) is 8.63. The fraction of sp³-hybridized carbons (Fsp3) is 0.529. The van der Waals surface area contributed by atoms with E-state index in [4.69, 9.17) is 9.47 Å². The molecule has 6 atom stereocenters. The van der Waals surface area contributed by atoms with E-state index in [1.807, 2.05) is 0 Å². The number of rotatable bonds is 4. The zero-order chi connectivity index (χ0) is 17.9. The molecule has 0 spiro atoms. The van der Waals surface area contributed by atoms with Gasteiger partial charge in [0.1, 0.15) is 0 Å². The topological polar surface area (TPSA) is 89.8 Å². The second kappa shape index (κ2) is 5.54. The molecule has 1 heterocycles. The van der Waals surface area contributed by atoms with E-state index in [9.17, 15) is 18.0 Å². The zero-order valence-electron chi connectivity index (χ0n) is 13.9. The van der Waals surface area contributed by atoms with Crippen LogP contribution in [0.5, 0.6) is 0 Å². The first kappa shape index (κ1) is 16.5. The molecule has 1 saturated heterocycles. The summed E-state index contributed by atoms with van der Waals surface area (Å²) in [6.07, 6.45) is 0.648. The van der Waals surface area contributed by atoms with Gasteiger partial charge in [-0.25, -0.2) is 8.42 Å². The van der Waals surface area contributed by atoms with Crippen molar-refractivity contribution in [3.63, 3.8) is 0 Å². The Hall–Kier alpha value is -1.93. The number of fused-ring (bicyclic) bond motifs is 5. The van der Waals surface area contributed by atoms with Crippen LogP contribution in [-0.2, 0) is 29.1 Å². The lowest BCUT2D eigenvalue weighted by atomic mass is 9.79. The number of benzene rings is 1. The first-order chi connectivity index (χ1) is 11.9. The third-order valence-corrected chi connectivity index (χ3v) is 7.75. The summed E-state index contributed by atoms with van der Waals surface area (Å²) in [6, 6.07) is 7.75. The number of hydrogen-bond donors (Lipinski definition) is 0. The molecule has 2 bridgehead atoms. The summed E-state index contributed by atoms with van der Waals surface area (Å²) in [5, 5.41) is 0. The molecule has 7 nitrogen and oxygen atoms in total. The molecule has 0 amide bonds. The van der Waals surface area contributed by atoms with Crippen LogP contribution in [0.25, 0.3) is 0 Å². The summed E-state index contributed by atoms with van der Waals surface area (Å²) in [4.78, 5) is 24.7. The van der Waals surface area contributed by atoms with Gasteiger partial charge in [0.05, 0.1) is 31.0 Å². The molecule has 0 radical (unpaired) electrons. The third kappa shape index (κ3) is 2.17. The van der Waals surface area contributed by atoms with Crippen molar-refractivity contribution in [3.8, 4) is 0 Å². The van der Waals surface area contributed by atoms with Crippen LogP contribution in [0.2, 0.25) is 0 Å². The molecule has 2 aliphatic carbocycles. The predicted octanol–water partition coefficient (Wildman–Crippen LogP) is 0.656. The summed E-state index contributed by atoms with van der Waals surface area (Å²) in [6.45, 7) is 0. The van der Waals surface area contributed by atoms with E-state index in [-0.39, 0.29) is 28.8 Å². The van der Waals surface area contributed by atoms with E-state index >= 15 is 0 Å². The second-order valence-electron chi connectivity index (χ2n) is 6.79. The van der Waals surface area contributed by atoms with Crippen LogP contribution < -0.4 is 0 Å². The highest BCUT2D eigenvalue weighted by atomic mass is 32.2. The standard InChI is InChI=1S/C17H19NO6S/c1-23-16(19)12-10-8-11(13(12)17(20)24-2)15-14(10)18(15)25(21,22)9-6-4-3-5-7-9/h3-7,10-15H,8H2,1-2H3. The van der Waals surface area contributed by atoms with Crippen molar-refractivity contribution in [2.75, 3.05) is 14.2 Å². The van der Waals surface area contributed by atoms with E-state index in [0.717, 1.165) is 0 Å². The molecule has 3 fully saturated rings. The highest BCUT2D eigenvalue weighted by Crippen LogP contribution is 2.64. The Morgan fingerprint density at radius 2 is 1.44 bits per heavy atom. The van der Waals surface area contributed by atoms with Gasteiger partial charge < -0.3 is 9.47 Å². The first-order valence-electron chi connectivity index (χ1n) is 8.17. The maximum absolute atomic E-state index is 12.9. The minimum atomic E-state index is -3.63. The van der Waals surface area contributed by atoms with Gasteiger partial charge in [0.15, 0.2) is 0 Å². The molecule has 4 rings (SSSR count). The monoisotopic (exact) mass is 365 g/mol. The SMILES string of the molecule is COC(=O)C1C2CC(C1C(=O)OC)C1C2N1S(=O)(=O)c1ccccc1. The van der Waals surface area contributed by atoms with Crippen LogP contribution in [0.15, 0.2) is 35.2 Å². The number of ether oxygens (including phenoxy) is 2. The van der Waals surface area contributed by atoms with Crippen molar-refractivity contribution in [2.45, 2.75) is 23.4 Å². The maximum atomic E-state index is 12.9. The van der Waals surface area contributed by atoms with Gasteiger partial charge in [-0.3, -0.25) is 9.59 Å². The molecule has 134 valence electrons. The van der Waals surface area contributed by atoms with E-state index in [1.165, 1.54) is 18.5 Å². The lowest BCUT2D eigenvalue weighted by Crippen LogP contribution is -2.39. The van der Waals surface area contributed by atoms with Crippen LogP contribution >= 0.6 is 0 Å². The number of esters is 2. The van der Waals surface area contributed by atoms with Crippen LogP contribution in [0, 0.1) is 23.7 Å². The third-order valence-electron chi connectivity index (χ3n) is 5.84. The normalized spacial score (nSPS) is 38.1. The van der Waals surface area contributed by atoms with Crippen LogP contribution in [0.4, 0.5) is 0 Å². The molecule has 8 heteroatoms. The van der Waals surface area contributed by atoms with Gasteiger partial charge in [0.25, 0.3) is 0 Å². The van der Waals surface area contributed by atoms with Crippen molar-refractivity contribution in [3.05, 3.63) is 30.3 Å². The van der Waals surface area contributed by atoms with Crippen LogP contribution in [0.1, 0.15) is 6.42 Å². The van der Waals surface area contributed by atoms with Crippen molar-refractivity contribution < 1.29 is 27.5 Å². The van der Waals surface area contributed by atoms with Crippen molar-refractivity contribution in [2.24, 2.45) is 23.7 Å². The Bertz CT molecular complexity index is 789. The minimum Gasteiger partial charge on any atom is -0.469 e. The average Bonchev–Trinajstić information content (AvgIpc) is 3.16. The van der Waals surface area contributed by atoms with Gasteiger partial charge in [0, 0.05) is 12.1 Å². The molecule has 1 aromatic carbocycles. The molecule has 3 aliphatic rings. The maximum Gasteiger partial charge on any atom is 0.309 e. The summed E-state index contributed by atoms with van der Waals surface area (Å²) < 4.78 is 37.0. The van der Waals surface area contributed by atoms with E-state index in [1.54, 1.807) is 30.3 Å². The Labute approximate surface area is 145 Å². The van der Waals surface area contributed by atoms with E-state index in [0.29, 0.717) is 6.42 Å². The largest absolute Gasteiger partial charge is 0.469 e. The smallest absolute Gasteiger partial charge is 0.309 e. The molecule has 25 heavy (non-hydrogen) atoms. The molecule has 6 unspecified atom stereocenters. The van der Waals surface area contributed by atoms with Crippen LogP contribution in [-0.4, -0.2) is 51.0 Å². The quantitative estimate of drug-likeness (QED) is 0.575. The number of sulfonamides is 1. The molecular weight excluding hydrogens is 346 g/mol. The minimum absolute atomic E-state index is 0.204. The fourth-order valence-electron chi connectivity index (χ4n) is 4.92. The molecule has 2 saturated carbocycles. The number of carbonyl (C=O) groups is 2. The summed E-state index contributed by atoms with van der Waals surface area (Å²) in [5.41, 5.74) is 0. The van der Waals surface area contributed by atoms with Gasteiger partial charge in [0.2, 0.25) is 10.0 Å². The van der Waals surface area contributed by atoms with Gasteiger partial charge in [-0.15, -0.1) is 0 Å². The molecule has 0 aromatic heterocycles. The van der Waals surface area contributed by atoms with Gasteiger partial charge in [-0.1, -0.05) is 18.2 Å². The highest BCUT2D eigenvalue weighted by molar-refractivity contribution is 7.89. The molecule has 0 N–H and O–H groups in total. The Balaban J connectivity index is 1.68. The first-order valence-corrected chi connectivity index (χ1v) is 9.61. The average molecular weight is 365 g/mol. The Morgan fingerprint density at radius 3 is 1.88 bits per heavy atom. The van der Waals surface area contributed by atoms with E-state index in [2.05, 4.69) is 0 Å². The number of piperidine rings is 1. The van der Waals surface area contributed by atoms with E-state index < -0.39 is 33.8 Å². The van der Waals surface area contributed by atoms with Gasteiger partial charge in [-0.2, -0.15) is 4.31 Å². The number of nitrogens with zero attached hydrogens (tertiary/aromatic N) is 1. The van der Waals surface area contributed by atoms with Gasteiger partial charge in [-0.05, 0) is 30.4 Å². The lowest BCUT2D eigenvalue weighted by molar-refractivity contribution is -0.159. The summed E-state index contributed by atoms with van der Waals surface area (Å²) >= 11 is 0. The number of hydrogen-bond acceptors (Lipinski definition) is 6. The van der Waals surface area contributed by atoms with Crippen molar-refractivity contribution in [1.82, 2.24) is 4.31 Å². The molecule has 1 aliphatic heterocycles.